The Hall–Kier alpha value is -2.13. The van der Waals surface area contributed by atoms with Crippen LogP contribution in [0, 0.1) is 11.8 Å². The van der Waals surface area contributed by atoms with E-state index in [1.165, 1.54) is 32.4 Å². The highest BCUT2D eigenvalue weighted by atomic mass is 32.2. The molecule has 1 aromatic carbocycles. The number of hydrogen-bond donors (Lipinski definition) is 1. The van der Waals surface area contributed by atoms with Gasteiger partial charge in [-0.15, -0.1) is 0 Å². The molecule has 1 heterocycles. The van der Waals surface area contributed by atoms with Crippen LogP contribution in [0.15, 0.2) is 23.1 Å². The van der Waals surface area contributed by atoms with Crippen molar-refractivity contribution in [3.63, 3.8) is 0 Å². The predicted octanol–water partition coefficient (Wildman–Crippen LogP) is 0.823. The van der Waals surface area contributed by atoms with Crippen LogP contribution < -0.4 is 4.74 Å². The number of carboxylic acid groups (broad SMARTS) is 1. The fraction of sp³-hybridized carbons (Fsp3) is 0.467. The van der Waals surface area contributed by atoms with E-state index in [-0.39, 0.29) is 35.2 Å². The summed E-state index contributed by atoms with van der Waals surface area (Å²) in [6.45, 7) is 1.72. The third-order valence-corrected chi connectivity index (χ3v) is 5.97. The molecule has 0 bridgehead atoms. The number of aliphatic carboxylic acids is 1. The minimum Gasteiger partial charge on any atom is -0.495 e. The van der Waals surface area contributed by atoms with Gasteiger partial charge in [-0.1, -0.05) is 6.92 Å². The molecule has 1 aliphatic rings. The van der Waals surface area contributed by atoms with Gasteiger partial charge in [0.25, 0.3) is 0 Å². The molecule has 24 heavy (non-hydrogen) atoms. The van der Waals surface area contributed by atoms with Gasteiger partial charge in [-0.05, 0) is 24.1 Å². The van der Waals surface area contributed by atoms with E-state index in [1.807, 2.05) is 0 Å². The van der Waals surface area contributed by atoms with Gasteiger partial charge in [0.05, 0.1) is 25.7 Å². The van der Waals surface area contributed by atoms with Crippen molar-refractivity contribution in [1.29, 1.82) is 0 Å². The van der Waals surface area contributed by atoms with Crippen molar-refractivity contribution in [3.05, 3.63) is 23.8 Å². The topological polar surface area (TPSA) is 110 Å². The molecule has 1 fully saturated rings. The van der Waals surface area contributed by atoms with Crippen LogP contribution >= 0.6 is 0 Å². The number of sulfonamides is 1. The molecule has 0 saturated carbocycles. The van der Waals surface area contributed by atoms with Crippen molar-refractivity contribution in [2.45, 2.75) is 11.8 Å². The summed E-state index contributed by atoms with van der Waals surface area (Å²) in [7, 11) is -1.42. The first-order valence-electron chi connectivity index (χ1n) is 7.21. The Morgan fingerprint density at radius 2 is 1.92 bits per heavy atom. The highest BCUT2D eigenvalue weighted by molar-refractivity contribution is 7.89. The SMILES string of the molecule is COC(=O)c1ccc(S(=O)(=O)N2C[C@@H](C)[C@H](C(=O)O)C2)c(OC)c1. The summed E-state index contributed by atoms with van der Waals surface area (Å²) in [4.78, 5) is 22.6. The fourth-order valence-corrected chi connectivity index (χ4v) is 4.41. The van der Waals surface area contributed by atoms with Gasteiger partial charge in [0.1, 0.15) is 10.6 Å². The molecule has 2 rings (SSSR count). The van der Waals surface area contributed by atoms with Gasteiger partial charge in [-0.2, -0.15) is 4.31 Å². The van der Waals surface area contributed by atoms with E-state index in [9.17, 15) is 18.0 Å². The van der Waals surface area contributed by atoms with E-state index in [0.29, 0.717) is 0 Å². The molecule has 1 saturated heterocycles. The number of carbonyl (C=O) groups excluding carboxylic acids is 1. The number of rotatable bonds is 5. The molecular weight excluding hydrogens is 338 g/mol. The summed E-state index contributed by atoms with van der Waals surface area (Å²) >= 11 is 0. The Morgan fingerprint density at radius 1 is 1.25 bits per heavy atom. The fourth-order valence-electron chi connectivity index (χ4n) is 2.70. The lowest BCUT2D eigenvalue weighted by molar-refractivity contribution is -0.142. The number of methoxy groups -OCH3 is 2. The molecule has 1 aromatic rings. The normalized spacial score (nSPS) is 21.5. The number of carboxylic acids is 1. The molecule has 0 amide bonds. The maximum Gasteiger partial charge on any atom is 0.337 e. The number of esters is 1. The third-order valence-electron chi connectivity index (χ3n) is 4.10. The molecule has 0 unspecified atom stereocenters. The molecule has 0 radical (unpaired) electrons. The van der Waals surface area contributed by atoms with Gasteiger partial charge in [-0.25, -0.2) is 13.2 Å². The van der Waals surface area contributed by atoms with Crippen LogP contribution in [0.25, 0.3) is 0 Å². The van der Waals surface area contributed by atoms with Crippen molar-refractivity contribution in [2.75, 3.05) is 27.3 Å². The number of ether oxygens (including phenoxy) is 2. The quantitative estimate of drug-likeness (QED) is 0.777. The standard InChI is InChI=1S/C15H19NO7S/c1-9-7-16(8-11(9)14(17)18)24(20,21)13-5-4-10(15(19)23-3)6-12(13)22-2/h4-6,9,11H,7-8H2,1-3H3,(H,17,18)/t9-,11-/m1/s1. The Morgan fingerprint density at radius 3 is 2.42 bits per heavy atom. The summed E-state index contributed by atoms with van der Waals surface area (Å²) in [5, 5.41) is 9.17. The Bertz CT molecular complexity index is 759. The van der Waals surface area contributed by atoms with E-state index in [4.69, 9.17) is 9.84 Å². The van der Waals surface area contributed by atoms with Crippen LogP contribution in [0.4, 0.5) is 0 Å². The summed E-state index contributed by atoms with van der Waals surface area (Å²) < 4.78 is 36.5. The summed E-state index contributed by atoms with van der Waals surface area (Å²) in [6, 6.07) is 3.88. The van der Waals surface area contributed by atoms with E-state index in [0.717, 1.165) is 4.31 Å². The maximum atomic E-state index is 12.8. The Balaban J connectivity index is 2.40. The minimum absolute atomic E-state index is 0.00401. The lowest BCUT2D eigenvalue weighted by Gasteiger charge is -2.18. The van der Waals surface area contributed by atoms with Crippen LogP contribution in [-0.4, -0.2) is 57.1 Å². The second-order valence-corrected chi connectivity index (χ2v) is 7.51. The van der Waals surface area contributed by atoms with Crippen LogP contribution in [0.2, 0.25) is 0 Å². The van der Waals surface area contributed by atoms with Crippen LogP contribution in [0.5, 0.6) is 5.75 Å². The smallest absolute Gasteiger partial charge is 0.337 e. The molecule has 1 N–H and O–H groups in total. The molecule has 2 atom stereocenters. The first kappa shape index (κ1) is 18.2. The number of carbonyl (C=O) groups is 2. The molecule has 9 heteroatoms. The van der Waals surface area contributed by atoms with E-state index < -0.39 is 27.9 Å². The van der Waals surface area contributed by atoms with E-state index >= 15 is 0 Å². The maximum absolute atomic E-state index is 12.8. The van der Waals surface area contributed by atoms with E-state index in [2.05, 4.69) is 4.74 Å². The van der Waals surface area contributed by atoms with Gasteiger partial charge >= 0.3 is 11.9 Å². The Labute approximate surface area is 140 Å². The zero-order valence-corrected chi connectivity index (χ0v) is 14.4. The summed E-state index contributed by atoms with van der Waals surface area (Å²) in [5.74, 6) is -2.67. The van der Waals surface area contributed by atoms with Gasteiger partial charge in [0.15, 0.2) is 0 Å². The molecular formula is C15H19NO7S. The van der Waals surface area contributed by atoms with Crippen LogP contribution in [-0.2, 0) is 19.6 Å². The monoisotopic (exact) mass is 357 g/mol. The molecule has 1 aliphatic heterocycles. The lowest BCUT2D eigenvalue weighted by atomic mass is 9.99. The van der Waals surface area contributed by atoms with Gasteiger partial charge < -0.3 is 14.6 Å². The first-order valence-corrected chi connectivity index (χ1v) is 8.65. The molecule has 0 aromatic heterocycles. The molecule has 0 aliphatic carbocycles. The highest BCUT2D eigenvalue weighted by Gasteiger charge is 2.41. The zero-order valence-electron chi connectivity index (χ0n) is 13.6. The van der Waals surface area contributed by atoms with Crippen molar-refractivity contribution in [1.82, 2.24) is 4.31 Å². The molecule has 0 spiro atoms. The van der Waals surface area contributed by atoms with E-state index in [1.54, 1.807) is 6.92 Å². The summed E-state index contributed by atoms with van der Waals surface area (Å²) in [5.41, 5.74) is 0.159. The minimum atomic E-state index is -3.94. The zero-order chi connectivity index (χ0) is 18.1. The molecule has 8 nitrogen and oxygen atoms in total. The first-order chi connectivity index (χ1) is 11.2. The Kier molecular flexibility index (Phi) is 5.14. The number of nitrogens with zero attached hydrogens (tertiary/aromatic N) is 1. The number of hydrogen-bond acceptors (Lipinski definition) is 6. The lowest BCUT2D eigenvalue weighted by Crippen LogP contribution is -2.30. The third kappa shape index (κ3) is 3.22. The highest BCUT2D eigenvalue weighted by Crippen LogP contribution is 2.33. The number of benzene rings is 1. The second-order valence-electron chi connectivity index (χ2n) is 5.60. The van der Waals surface area contributed by atoms with Crippen LogP contribution in [0.1, 0.15) is 17.3 Å². The average molecular weight is 357 g/mol. The molecule has 132 valence electrons. The van der Waals surface area contributed by atoms with Gasteiger partial charge in [0, 0.05) is 13.1 Å². The predicted molar refractivity (Wildman–Crippen MR) is 83.4 cm³/mol. The van der Waals surface area contributed by atoms with Crippen molar-refractivity contribution in [3.8, 4) is 5.75 Å². The largest absolute Gasteiger partial charge is 0.495 e. The second kappa shape index (κ2) is 6.78. The average Bonchev–Trinajstić information content (AvgIpc) is 2.96. The summed E-state index contributed by atoms with van der Waals surface area (Å²) in [6.07, 6.45) is 0. The van der Waals surface area contributed by atoms with Gasteiger partial charge in [0.2, 0.25) is 10.0 Å². The van der Waals surface area contributed by atoms with Crippen molar-refractivity contribution < 1.29 is 32.6 Å². The van der Waals surface area contributed by atoms with Crippen LogP contribution in [0.3, 0.4) is 0 Å². The van der Waals surface area contributed by atoms with Crippen molar-refractivity contribution >= 4 is 22.0 Å². The van der Waals surface area contributed by atoms with Gasteiger partial charge in [-0.3, -0.25) is 4.79 Å². The van der Waals surface area contributed by atoms with Crippen molar-refractivity contribution in [2.24, 2.45) is 11.8 Å².